The summed E-state index contributed by atoms with van der Waals surface area (Å²) in [5, 5.41) is 9.27. The summed E-state index contributed by atoms with van der Waals surface area (Å²) in [6.07, 6.45) is -1.37. The van der Waals surface area contributed by atoms with E-state index in [2.05, 4.69) is 9.97 Å². The lowest BCUT2D eigenvalue weighted by Gasteiger charge is -2.11. The summed E-state index contributed by atoms with van der Waals surface area (Å²) >= 11 is 0. The number of imidazole rings is 1. The van der Waals surface area contributed by atoms with Crippen molar-refractivity contribution in [3.8, 4) is 17.1 Å². The van der Waals surface area contributed by atoms with Crippen molar-refractivity contribution in [3.63, 3.8) is 0 Å². The van der Waals surface area contributed by atoms with Crippen LogP contribution in [0.3, 0.4) is 0 Å². The highest BCUT2D eigenvalue weighted by Gasteiger charge is 2.31. The molecule has 1 N–H and O–H groups in total. The van der Waals surface area contributed by atoms with E-state index in [9.17, 15) is 23.1 Å². The van der Waals surface area contributed by atoms with Crippen LogP contribution in [0.5, 0.6) is 0 Å². The molecule has 2 aromatic heterocycles. The molecule has 0 radical (unpaired) electrons. The van der Waals surface area contributed by atoms with Crippen molar-refractivity contribution in [1.29, 1.82) is 0 Å². The summed E-state index contributed by atoms with van der Waals surface area (Å²) in [5.41, 5.74) is 0.892. The highest BCUT2D eigenvalue weighted by atomic mass is 19.4. The lowest BCUT2D eigenvalue weighted by atomic mass is 10.1. The molecule has 140 valence electrons. The molecule has 0 atom stereocenters. The van der Waals surface area contributed by atoms with Crippen LogP contribution in [0.2, 0.25) is 0 Å². The van der Waals surface area contributed by atoms with Crippen molar-refractivity contribution < 1.29 is 23.1 Å². The van der Waals surface area contributed by atoms with Gasteiger partial charge in [-0.25, -0.2) is 9.78 Å². The molecule has 0 unspecified atom stereocenters. The number of carboxylic acid groups (broad SMARTS) is 1. The number of nitrogens with zero attached hydrogens (tertiary/aromatic N) is 3. The molecule has 8 heteroatoms. The van der Waals surface area contributed by atoms with Gasteiger partial charge in [0.1, 0.15) is 5.82 Å². The number of carboxylic acids is 1. The summed E-state index contributed by atoms with van der Waals surface area (Å²) in [5.74, 6) is -0.737. The van der Waals surface area contributed by atoms with E-state index in [1.165, 1.54) is 18.2 Å². The first-order chi connectivity index (χ1) is 13.3. The van der Waals surface area contributed by atoms with Crippen LogP contribution in [-0.2, 0) is 6.18 Å². The summed E-state index contributed by atoms with van der Waals surface area (Å²) in [4.78, 5) is 19.8. The zero-order valence-electron chi connectivity index (χ0n) is 14.2. The van der Waals surface area contributed by atoms with Crippen LogP contribution in [0.25, 0.3) is 28.1 Å². The normalized spacial score (nSPS) is 11.7. The first kappa shape index (κ1) is 17.7. The van der Waals surface area contributed by atoms with Gasteiger partial charge in [-0.15, -0.1) is 0 Å². The second-order valence-electron chi connectivity index (χ2n) is 6.07. The number of hydrogen-bond donors (Lipinski definition) is 1. The van der Waals surface area contributed by atoms with Gasteiger partial charge in [-0.1, -0.05) is 6.07 Å². The average molecular weight is 383 g/mol. The zero-order chi connectivity index (χ0) is 19.9. The molecule has 0 amide bonds. The van der Waals surface area contributed by atoms with E-state index in [4.69, 9.17) is 0 Å². The number of halogens is 3. The van der Waals surface area contributed by atoms with Gasteiger partial charge in [0.2, 0.25) is 0 Å². The van der Waals surface area contributed by atoms with Crippen LogP contribution in [0.15, 0.2) is 67.0 Å². The number of pyridine rings is 1. The second-order valence-corrected chi connectivity index (χ2v) is 6.07. The number of fused-ring (bicyclic) bond motifs is 1. The molecule has 0 bridgehead atoms. The third-order valence-electron chi connectivity index (χ3n) is 4.25. The lowest BCUT2D eigenvalue weighted by Crippen LogP contribution is -2.04. The van der Waals surface area contributed by atoms with Gasteiger partial charge in [-0.3, -0.25) is 9.55 Å². The van der Waals surface area contributed by atoms with Crippen LogP contribution in [0.1, 0.15) is 15.9 Å². The van der Waals surface area contributed by atoms with E-state index >= 15 is 0 Å². The second kappa shape index (κ2) is 6.49. The molecule has 0 fully saturated rings. The number of hydrogen-bond acceptors (Lipinski definition) is 3. The van der Waals surface area contributed by atoms with Gasteiger partial charge in [-0.05, 0) is 48.5 Å². The molecule has 28 heavy (non-hydrogen) atoms. The number of rotatable bonds is 3. The molecule has 0 aliphatic rings. The summed E-state index contributed by atoms with van der Waals surface area (Å²) in [6.45, 7) is 0. The van der Waals surface area contributed by atoms with Crippen molar-refractivity contribution in [2.75, 3.05) is 0 Å². The standard InChI is InChI=1S/C20H12F3N3O2/c21-20(22,23)14-6-7-17-16(10-14)25-18(13-4-2-8-24-11-13)26(17)15-5-1-3-12(9-15)19(27)28/h1-11H,(H,27,28). The van der Waals surface area contributed by atoms with E-state index < -0.39 is 17.7 Å². The average Bonchev–Trinajstić information content (AvgIpc) is 3.07. The molecule has 4 aromatic rings. The highest BCUT2D eigenvalue weighted by Crippen LogP contribution is 2.34. The molecular weight excluding hydrogens is 371 g/mol. The van der Waals surface area contributed by atoms with Crippen molar-refractivity contribution in [2.24, 2.45) is 0 Å². The van der Waals surface area contributed by atoms with E-state index in [0.717, 1.165) is 12.1 Å². The van der Waals surface area contributed by atoms with Crippen LogP contribution in [0, 0.1) is 0 Å². The summed E-state index contributed by atoms with van der Waals surface area (Å²) < 4.78 is 40.9. The third kappa shape index (κ3) is 3.09. The Morgan fingerprint density at radius 3 is 2.54 bits per heavy atom. The minimum atomic E-state index is -4.49. The van der Waals surface area contributed by atoms with Crippen LogP contribution in [-0.4, -0.2) is 25.6 Å². The van der Waals surface area contributed by atoms with Crippen LogP contribution >= 0.6 is 0 Å². The maximum Gasteiger partial charge on any atom is 0.416 e. The number of alkyl halides is 3. The molecule has 0 aliphatic heterocycles. The van der Waals surface area contributed by atoms with Crippen LogP contribution in [0.4, 0.5) is 13.2 Å². The van der Waals surface area contributed by atoms with Gasteiger partial charge in [0, 0.05) is 23.6 Å². The number of aromatic carboxylic acids is 1. The van der Waals surface area contributed by atoms with Crippen molar-refractivity contribution in [1.82, 2.24) is 14.5 Å². The zero-order valence-corrected chi connectivity index (χ0v) is 14.2. The van der Waals surface area contributed by atoms with Gasteiger partial charge in [0.05, 0.1) is 22.2 Å². The van der Waals surface area contributed by atoms with E-state index in [1.54, 1.807) is 41.2 Å². The Labute approximate surface area is 156 Å². The maximum atomic E-state index is 13.1. The molecule has 5 nitrogen and oxygen atoms in total. The van der Waals surface area contributed by atoms with Gasteiger partial charge in [0.25, 0.3) is 0 Å². The van der Waals surface area contributed by atoms with E-state index in [1.807, 2.05) is 0 Å². The Hall–Kier alpha value is -3.68. The Bertz CT molecular complexity index is 1180. The first-order valence-electron chi connectivity index (χ1n) is 8.18. The van der Waals surface area contributed by atoms with Gasteiger partial charge >= 0.3 is 12.1 Å². The van der Waals surface area contributed by atoms with Gasteiger partial charge in [-0.2, -0.15) is 13.2 Å². The molecule has 0 saturated carbocycles. The Morgan fingerprint density at radius 2 is 1.86 bits per heavy atom. The predicted molar refractivity (Wildman–Crippen MR) is 96.3 cm³/mol. The van der Waals surface area contributed by atoms with Crippen LogP contribution < -0.4 is 0 Å². The molecule has 2 aromatic carbocycles. The molecule has 2 heterocycles. The summed E-state index contributed by atoms with van der Waals surface area (Å²) in [7, 11) is 0. The molecule has 4 rings (SSSR count). The fourth-order valence-electron chi connectivity index (χ4n) is 2.98. The number of benzene rings is 2. The number of carbonyl (C=O) groups is 1. The van der Waals surface area contributed by atoms with Crippen molar-refractivity contribution in [2.45, 2.75) is 6.18 Å². The number of aromatic nitrogens is 3. The fraction of sp³-hybridized carbons (Fsp3) is 0.0500. The molecule has 0 saturated heterocycles. The predicted octanol–water partition coefficient (Wildman–Crippen LogP) is 4.80. The largest absolute Gasteiger partial charge is 0.478 e. The Balaban J connectivity index is 2.02. The van der Waals surface area contributed by atoms with E-state index in [-0.39, 0.29) is 11.1 Å². The summed E-state index contributed by atoms with van der Waals surface area (Å²) in [6, 6.07) is 12.8. The molecular formula is C20H12F3N3O2. The van der Waals surface area contributed by atoms with Gasteiger partial charge < -0.3 is 5.11 Å². The van der Waals surface area contributed by atoms with Crippen molar-refractivity contribution >= 4 is 17.0 Å². The van der Waals surface area contributed by atoms with Gasteiger partial charge in [0.15, 0.2) is 0 Å². The Kier molecular flexibility index (Phi) is 4.11. The fourth-order valence-corrected chi connectivity index (χ4v) is 2.98. The quantitative estimate of drug-likeness (QED) is 0.552. The van der Waals surface area contributed by atoms with E-state index in [0.29, 0.717) is 22.6 Å². The molecule has 0 aliphatic carbocycles. The third-order valence-corrected chi connectivity index (χ3v) is 4.25. The molecule has 0 spiro atoms. The lowest BCUT2D eigenvalue weighted by molar-refractivity contribution is -0.137. The SMILES string of the molecule is O=C(O)c1cccc(-n2c(-c3cccnc3)nc3cc(C(F)(F)F)ccc32)c1. The van der Waals surface area contributed by atoms with Crippen molar-refractivity contribution in [3.05, 3.63) is 78.1 Å². The smallest absolute Gasteiger partial charge is 0.416 e. The minimum absolute atomic E-state index is 0.0587. The highest BCUT2D eigenvalue weighted by molar-refractivity contribution is 5.89. The topological polar surface area (TPSA) is 68.0 Å². The monoisotopic (exact) mass is 383 g/mol. The Morgan fingerprint density at radius 1 is 1.04 bits per heavy atom. The first-order valence-corrected chi connectivity index (χ1v) is 8.18. The maximum absolute atomic E-state index is 13.1. The minimum Gasteiger partial charge on any atom is -0.478 e.